The van der Waals surface area contributed by atoms with Crippen molar-refractivity contribution in [2.75, 3.05) is 5.32 Å². The molecule has 0 aliphatic heterocycles. The number of benzene rings is 1. The molecule has 0 spiro atoms. The maximum absolute atomic E-state index is 6.38. The van der Waals surface area contributed by atoms with Gasteiger partial charge in [-0.15, -0.1) is 0 Å². The van der Waals surface area contributed by atoms with Crippen LogP contribution in [0.25, 0.3) is 0 Å². The molecule has 0 atom stereocenters. The molecule has 5 heteroatoms. The Morgan fingerprint density at radius 3 is 2.45 bits per heavy atom. The lowest BCUT2D eigenvalue weighted by molar-refractivity contribution is 0.453. The molecular weight excluding hydrogens is 293 g/mol. The number of halogens is 2. The van der Waals surface area contributed by atoms with E-state index in [1.165, 1.54) is 0 Å². The van der Waals surface area contributed by atoms with Gasteiger partial charge >= 0.3 is 0 Å². The summed E-state index contributed by atoms with van der Waals surface area (Å²) in [6.07, 6.45) is 6.79. The lowest BCUT2D eigenvalue weighted by atomic mass is 9.84. The van der Waals surface area contributed by atoms with E-state index >= 15 is 0 Å². The van der Waals surface area contributed by atoms with Gasteiger partial charge in [0.15, 0.2) is 0 Å². The molecule has 0 amide bonds. The van der Waals surface area contributed by atoms with Crippen LogP contribution in [0.2, 0.25) is 10.0 Å². The molecule has 0 fully saturated rings. The molecule has 1 aromatic carbocycles. The molecule has 2 aromatic rings. The van der Waals surface area contributed by atoms with Crippen LogP contribution in [0.1, 0.15) is 32.3 Å². The van der Waals surface area contributed by atoms with Crippen LogP contribution in [0.3, 0.4) is 0 Å². The second-order valence-corrected chi connectivity index (χ2v) is 5.47. The first kappa shape index (κ1) is 15.1. The van der Waals surface area contributed by atoms with E-state index in [0.29, 0.717) is 10.0 Å². The third-order valence-corrected chi connectivity index (χ3v) is 4.13. The Morgan fingerprint density at radius 1 is 1.15 bits per heavy atom. The summed E-state index contributed by atoms with van der Waals surface area (Å²) < 4.78 is 0. The Morgan fingerprint density at radius 2 is 1.90 bits per heavy atom. The van der Waals surface area contributed by atoms with Gasteiger partial charge in [0.1, 0.15) is 5.82 Å². The number of hydrogen-bond donors (Lipinski definition) is 1. The van der Waals surface area contributed by atoms with Crippen LogP contribution >= 0.6 is 23.2 Å². The zero-order valence-corrected chi connectivity index (χ0v) is 13.0. The quantitative estimate of drug-likeness (QED) is 0.852. The van der Waals surface area contributed by atoms with E-state index < -0.39 is 0 Å². The third kappa shape index (κ3) is 3.05. The highest BCUT2D eigenvalue weighted by atomic mass is 35.5. The van der Waals surface area contributed by atoms with Gasteiger partial charge in [-0.05, 0) is 30.5 Å². The maximum Gasteiger partial charge on any atom is 0.145 e. The maximum atomic E-state index is 6.38. The summed E-state index contributed by atoms with van der Waals surface area (Å²) in [5.74, 6) is 0.738. The second kappa shape index (κ2) is 6.42. The van der Waals surface area contributed by atoms with Crippen molar-refractivity contribution >= 4 is 29.0 Å². The van der Waals surface area contributed by atoms with Gasteiger partial charge in [-0.1, -0.05) is 43.1 Å². The molecule has 20 heavy (non-hydrogen) atoms. The summed E-state index contributed by atoms with van der Waals surface area (Å²) in [6, 6.07) is 5.61. The molecule has 2 rings (SSSR count). The molecule has 0 unspecified atom stereocenters. The fourth-order valence-electron chi connectivity index (χ4n) is 2.36. The van der Waals surface area contributed by atoms with Gasteiger partial charge in [0, 0.05) is 22.4 Å². The molecule has 0 radical (unpaired) electrons. The van der Waals surface area contributed by atoms with E-state index in [1.807, 2.05) is 12.1 Å². The number of rotatable bonds is 5. The van der Waals surface area contributed by atoms with Crippen molar-refractivity contribution in [2.24, 2.45) is 0 Å². The van der Waals surface area contributed by atoms with Gasteiger partial charge in [-0.2, -0.15) is 0 Å². The van der Waals surface area contributed by atoms with Crippen LogP contribution in [0.5, 0.6) is 0 Å². The third-order valence-electron chi connectivity index (χ3n) is 3.58. The molecule has 0 aliphatic rings. The first-order valence-electron chi connectivity index (χ1n) is 6.61. The number of nitrogens with zero attached hydrogens (tertiary/aromatic N) is 2. The van der Waals surface area contributed by atoms with Crippen LogP contribution < -0.4 is 5.32 Å². The summed E-state index contributed by atoms with van der Waals surface area (Å²) in [6.45, 7) is 4.25. The van der Waals surface area contributed by atoms with Gasteiger partial charge in [-0.3, -0.25) is 4.98 Å². The summed E-state index contributed by atoms with van der Waals surface area (Å²) in [7, 11) is 0. The molecule has 1 aromatic heterocycles. The van der Waals surface area contributed by atoms with E-state index in [-0.39, 0.29) is 5.54 Å². The minimum atomic E-state index is -0.280. The standard InChI is InChI=1S/C15H17Cl2N3/c1-3-15(4-2,20-14-10-18-7-8-19-14)12-6-5-11(16)9-13(12)17/h5-10H,3-4H2,1-2H3,(H,19,20). The Bertz CT molecular complexity index is 569. The zero-order valence-electron chi connectivity index (χ0n) is 11.5. The van der Waals surface area contributed by atoms with Gasteiger partial charge in [0.05, 0.1) is 11.7 Å². The Hall–Kier alpha value is -1.32. The van der Waals surface area contributed by atoms with Crippen molar-refractivity contribution in [3.05, 3.63) is 52.4 Å². The Balaban J connectivity index is 2.43. The normalized spacial score (nSPS) is 11.4. The minimum absolute atomic E-state index is 0.280. The predicted octanol–water partition coefficient (Wildman–Crippen LogP) is 4.91. The Kier molecular flexibility index (Phi) is 4.84. The van der Waals surface area contributed by atoms with Gasteiger partial charge in [0.25, 0.3) is 0 Å². The average molecular weight is 310 g/mol. The molecular formula is C15H17Cl2N3. The predicted molar refractivity (Wildman–Crippen MR) is 84.4 cm³/mol. The average Bonchev–Trinajstić information content (AvgIpc) is 2.46. The molecule has 0 saturated heterocycles. The second-order valence-electron chi connectivity index (χ2n) is 4.63. The van der Waals surface area contributed by atoms with Gasteiger partial charge < -0.3 is 5.32 Å². The SMILES string of the molecule is CCC(CC)(Nc1cnccn1)c1ccc(Cl)cc1Cl. The molecule has 3 nitrogen and oxygen atoms in total. The van der Waals surface area contributed by atoms with Gasteiger partial charge in [-0.25, -0.2) is 4.98 Å². The van der Waals surface area contributed by atoms with Crippen LogP contribution in [0, 0.1) is 0 Å². The molecule has 106 valence electrons. The lowest BCUT2D eigenvalue weighted by Gasteiger charge is -2.34. The van der Waals surface area contributed by atoms with E-state index in [9.17, 15) is 0 Å². The fraction of sp³-hybridized carbons (Fsp3) is 0.333. The molecule has 0 saturated carbocycles. The summed E-state index contributed by atoms with van der Waals surface area (Å²) in [4.78, 5) is 8.38. The summed E-state index contributed by atoms with van der Waals surface area (Å²) in [5, 5.41) is 4.77. The minimum Gasteiger partial charge on any atom is -0.359 e. The Labute approximate surface area is 129 Å². The van der Waals surface area contributed by atoms with Crippen molar-refractivity contribution in [3.8, 4) is 0 Å². The lowest BCUT2D eigenvalue weighted by Crippen LogP contribution is -2.34. The highest BCUT2D eigenvalue weighted by molar-refractivity contribution is 6.35. The fourth-order valence-corrected chi connectivity index (χ4v) is 2.95. The van der Waals surface area contributed by atoms with Crippen LogP contribution in [-0.4, -0.2) is 9.97 Å². The van der Waals surface area contributed by atoms with E-state index in [0.717, 1.165) is 24.2 Å². The number of aromatic nitrogens is 2. The molecule has 1 N–H and O–H groups in total. The van der Waals surface area contributed by atoms with Crippen LogP contribution in [-0.2, 0) is 5.54 Å². The topological polar surface area (TPSA) is 37.8 Å². The largest absolute Gasteiger partial charge is 0.359 e. The molecule has 0 bridgehead atoms. The smallest absolute Gasteiger partial charge is 0.145 e. The number of nitrogens with one attached hydrogen (secondary N) is 1. The van der Waals surface area contributed by atoms with Crippen molar-refractivity contribution in [3.63, 3.8) is 0 Å². The highest BCUT2D eigenvalue weighted by Gasteiger charge is 2.30. The van der Waals surface area contributed by atoms with Crippen molar-refractivity contribution in [2.45, 2.75) is 32.2 Å². The highest BCUT2D eigenvalue weighted by Crippen LogP contribution is 2.37. The van der Waals surface area contributed by atoms with Crippen molar-refractivity contribution in [1.82, 2.24) is 9.97 Å². The summed E-state index contributed by atoms with van der Waals surface area (Å²) >= 11 is 12.4. The van der Waals surface area contributed by atoms with Crippen LogP contribution in [0.4, 0.5) is 5.82 Å². The summed E-state index contributed by atoms with van der Waals surface area (Å²) in [5.41, 5.74) is 0.747. The van der Waals surface area contributed by atoms with Crippen LogP contribution in [0.15, 0.2) is 36.8 Å². The van der Waals surface area contributed by atoms with Gasteiger partial charge in [0.2, 0.25) is 0 Å². The van der Waals surface area contributed by atoms with Crippen molar-refractivity contribution < 1.29 is 0 Å². The van der Waals surface area contributed by atoms with Crippen molar-refractivity contribution in [1.29, 1.82) is 0 Å². The number of anilines is 1. The number of hydrogen-bond acceptors (Lipinski definition) is 3. The first-order valence-corrected chi connectivity index (χ1v) is 7.36. The monoisotopic (exact) mass is 309 g/mol. The molecule has 1 heterocycles. The first-order chi connectivity index (χ1) is 9.61. The van der Waals surface area contributed by atoms with E-state index in [4.69, 9.17) is 23.2 Å². The molecule has 0 aliphatic carbocycles. The van der Waals surface area contributed by atoms with E-state index in [2.05, 4.69) is 29.1 Å². The van der Waals surface area contributed by atoms with E-state index in [1.54, 1.807) is 24.7 Å². The zero-order chi connectivity index (χ0) is 14.6.